The van der Waals surface area contributed by atoms with Gasteiger partial charge in [-0.05, 0) is 116 Å². The standard InChI is InChI=1S/C58H61N3O/c1-36(2)40-25-26-51(47(32-40)39-17-14-13-15-18-39)61-52-20-16-19-46(53(52)60-55(61)48-34-45(57(7,8)9)35-49(54(48)62)58(10,11)12)42-29-43(31-44(30-42)56(4,5)6)50-33-41(27-28-59-50)38-23-21-37(3)22-24-38/h13-36,62H,1-12H3/i3D3,7D3,8D3,9D3,10D3,11D3,12D3,21D,22D,23D,24D,27D,28D,33D,36D. The van der Waals surface area contributed by atoms with Crippen LogP contribution in [0.25, 0.3) is 72.7 Å². The van der Waals surface area contributed by atoms with Gasteiger partial charge in [-0.3, -0.25) is 9.55 Å². The van der Waals surface area contributed by atoms with Gasteiger partial charge in [-0.15, -0.1) is 0 Å². The number of pyridine rings is 1. The van der Waals surface area contributed by atoms with E-state index in [1.54, 1.807) is 74.5 Å². The SMILES string of the molecule is [2H]c1nc(-c2cc(-c3cccc4c3nc(-c3cc(C(C([2H])([2H])[2H])(C([2H])([2H])[2H])C([2H])([2H])[2H])cc(C(C([2H])([2H])[2H])(C([2H])([2H])[2H])C([2H])([2H])[2H])c3O)n4-c3ccc(C([2H])(C)C)cc3-c3ccccc3)cc(C(C)(C)C)c2)c([2H])c(-c2c([2H])c([2H])c(C([2H])([2H])[2H])c([2H])c2[2H])c1[2H]. The van der Waals surface area contributed by atoms with Gasteiger partial charge in [-0.1, -0.05) is 166 Å². The summed E-state index contributed by atoms with van der Waals surface area (Å²) in [7, 11) is 0. The average molecular weight is 845 g/mol. The molecule has 0 aliphatic rings. The maximum absolute atomic E-state index is 13.1. The summed E-state index contributed by atoms with van der Waals surface area (Å²) >= 11 is 0. The number of benzene rings is 6. The molecule has 0 aliphatic heterocycles. The summed E-state index contributed by atoms with van der Waals surface area (Å²) in [5.41, 5.74) is -13.5. The largest absolute Gasteiger partial charge is 0.507 e. The maximum Gasteiger partial charge on any atom is 0.149 e. The molecule has 8 aromatic rings. The Bertz CT molecular complexity index is 4090. The molecule has 4 nitrogen and oxygen atoms in total. The Labute approximate surface area is 410 Å². The minimum atomic E-state index is -4.27. The zero-order chi connectivity index (χ0) is 68.8. The lowest BCUT2D eigenvalue weighted by molar-refractivity contribution is 0.446. The first-order valence-corrected chi connectivity index (χ1v) is 19.6. The summed E-state index contributed by atoms with van der Waals surface area (Å²) in [5, 5.41) is 13.1. The molecule has 0 bridgehead atoms. The van der Waals surface area contributed by atoms with Crippen LogP contribution in [0.1, 0.15) is 149 Å². The Balaban J connectivity index is 1.63. The molecule has 314 valence electrons. The molecule has 6 aromatic carbocycles. The first-order chi connectivity index (χ1) is 41.2. The van der Waals surface area contributed by atoms with E-state index in [2.05, 4.69) is 4.98 Å². The van der Waals surface area contributed by atoms with Gasteiger partial charge in [0.2, 0.25) is 0 Å². The molecule has 0 spiro atoms. The van der Waals surface area contributed by atoms with E-state index in [-0.39, 0.29) is 45.2 Å². The number of fused-ring (bicyclic) bond motifs is 1. The smallest absolute Gasteiger partial charge is 0.149 e. The Morgan fingerprint density at radius 2 is 1.37 bits per heavy atom. The van der Waals surface area contributed by atoms with Crippen molar-refractivity contribution in [2.45, 2.75) is 105 Å². The number of imidazole rings is 1. The summed E-state index contributed by atoms with van der Waals surface area (Å²) in [6.45, 7) is -19.7. The number of hydrogen-bond acceptors (Lipinski definition) is 3. The third-order valence-corrected chi connectivity index (χ3v) is 10.6. The highest BCUT2D eigenvalue weighted by molar-refractivity contribution is 5.98. The van der Waals surface area contributed by atoms with Crippen molar-refractivity contribution in [1.82, 2.24) is 14.5 Å². The second-order valence-electron chi connectivity index (χ2n) is 16.5. The molecular weight excluding hydrogens is 755 g/mol. The van der Waals surface area contributed by atoms with E-state index in [4.69, 9.17) is 43.4 Å². The van der Waals surface area contributed by atoms with Crippen molar-refractivity contribution in [2.24, 2.45) is 0 Å². The number of nitrogens with zero attached hydrogens (tertiary/aromatic N) is 3. The lowest BCUT2D eigenvalue weighted by atomic mass is 9.79. The fraction of sp³-hybridized carbons (Fsp3) is 0.276. The number of hydrogen-bond donors (Lipinski definition) is 1. The average Bonchev–Trinajstić information content (AvgIpc) is 1.19. The Kier molecular flexibility index (Phi) is 5.09. The van der Waals surface area contributed by atoms with Crippen LogP contribution in [0.15, 0.2) is 139 Å². The van der Waals surface area contributed by atoms with Crippen LogP contribution in [0, 0.1) is 6.85 Å². The number of phenolic OH excluding ortho intramolecular Hbond substituents is 1. The Hall–Kier alpha value is -6.26. The van der Waals surface area contributed by atoms with Crippen LogP contribution < -0.4 is 0 Å². The van der Waals surface area contributed by atoms with Gasteiger partial charge >= 0.3 is 0 Å². The molecule has 0 saturated carbocycles. The highest BCUT2D eigenvalue weighted by Gasteiger charge is 2.29. The molecule has 0 aliphatic carbocycles. The number of aromatic nitrogens is 3. The summed E-state index contributed by atoms with van der Waals surface area (Å²) in [4.78, 5) is 9.39. The van der Waals surface area contributed by atoms with Crippen molar-refractivity contribution < 1.29 is 44.9 Å². The normalized spacial score (nSPS) is 20.8. The fourth-order valence-corrected chi connectivity index (χ4v) is 7.32. The quantitative estimate of drug-likeness (QED) is 0.174. The third-order valence-electron chi connectivity index (χ3n) is 10.6. The van der Waals surface area contributed by atoms with Crippen LogP contribution in [-0.4, -0.2) is 19.6 Å². The molecule has 0 radical (unpaired) electrons. The van der Waals surface area contributed by atoms with E-state index in [9.17, 15) is 6.48 Å². The monoisotopic (exact) mass is 845 g/mol. The van der Waals surface area contributed by atoms with Gasteiger partial charge in [0.15, 0.2) is 0 Å². The second-order valence-corrected chi connectivity index (χ2v) is 16.5. The van der Waals surface area contributed by atoms with Crippen molar-refractivity contribution in [1.29, 1.82) is 0 Å². The molecule has 4 heteroatoms. The van der Waals surface area contributed by atoms with Gasteiger partial charge in [0.25, 0.3) is 0 Å². The maximum atomic E-state index is 13.1. The van der Waals surface area contributed by atoms with Gasteiger partial charge in [-0.25, -0.2) is 4.98 Å². The van der Waals surface area contributed by atoms with E-state index in [1.807, 2.05) is 20.8 Å². The minimum absolute atomic E-state index is 0.0385. The van der Waals surface area contributed by atoms with E-state index in [1.165, 1.54) is 28.8 Å². The number of phenols is 1. The summed E-state index contributed by atoms with van der Waals surface area (Å²) in [5.74, 6) is -3.42. The van der Waals surface area contributed by atoms with E-state index in [0.29, 0.717) is 28.3 Å². The van der Waals surface area contributed by atoms with Gasteiger partial charge in [0, 0.05) is 58.6 Å². The van der Waals surface area contributed by atoms with Gasteiger partial charge in [-0.2, -0.15) is 0 Å². The Morgan fingerprint density at radius 3 is 2.06 bits per heavy atom. The molecular formula is C58H61N3O. The Morgan fingerprint density at radius 1 is 0.645 bits per heavy atom. The van der Waals surface area contributed by atoms with Crippen molar-refractivity contribution in [3.63, 3.8) is 0 Å². The first kappa shape index (κ1) is 19.8. The van der Waals surface area contributed by atoms with E-state index < -0.39 is 157 Å². The summed E-state index contributed by atoms with van der Waals surface area (Å²) < 4.78 is 255. The number of rotatable bonds is 7. The van der Waals surface area contributed by atoms with Crippen LogP contribution in [-0.2, 0) is 16.2 Å². The van der Waals surface area contributed by atoms with Gasteiger partial charge in [0.05, 0.1) is 37.6 Å². The van der Waals surface area contributed by atoms with Gasteiger partial charge in [0.1, 0.15) is 11.6 Å². The molecule has 1 N–H and O–H groups in total. The predicted octanol–water partition coefficient (Wildman–Crippen LogP) is 15.8. The van der Waals surface area contributed by atoms with Crippen LogP contribution >= 0.6 is 0 Å². The highest BCUT2D eigenvalue weighted by Crippen LogP contribution is 2.46. The van der Waals surface area contributed by atoms with Crippen molar-refractivity contribution in [2.75, 3.05) is 0 Å². The third kappa shape index (κ3) is 8.23. The molecule has 0 amide bonds. The van der Waals surface area contributed by atoms with Crippen molar-refractivity contribution in [3.8, 4) is 67.5 Å². The molecule has 0 fully saturated rings. The van der Waals surface area contributed by atoms with Gasteiger partial charge < -0.3 is 5.11 Å². The zero-order valence-electron chi connectivity index (χ0n) is 63.5. The number of aromatic hydroxyl groups is 1. The van der Waals surface area contributed by atoms with Crippen LogP contribution in [0.4, 0.5) is 0 Å². The van der Waals surface area contributed by atoms with Crippen LogP contribution in [0.5, 0.6) is 5.75 Å². The molecule has 2 aromatic heterocycles. The molecule has 0 atom stereocenters. The second kappa shape index (κ2) is 15.9. The van der Waals surface area contributed by atoms with Crippen LogP contribution in [0.3, 0.4) is 0 Å². The topological polar surface area (TPSA) is 50.9 Å². The summed E-state index contributed by atoms with van der Waals surface area (Å²) in [6, 6.07) is 18.2. The minimum Gasteiger partial charge on any atom is -0.507 e. The molecule has 62 heavy (non-hydrogen) atoms. The van der Waals surface area contributed by atoms with Crippen LogP contribution in [0.2, 0.25) is 0 Å². The number of para-hydroxylation sites is 1. The van der Waals surface area contributed by atoms with Crippen molar-refractivity contribution >= 4 is 11.0 Å². The van der Waals surface area contributed by atoms with E-state index in [0.717, 1.165) is 0 Å². The van der Waals surface area contributed by atoms with E-state index >= 15 is 0 Å². The lowest BCUT2D eigenvalue weighted by Gasteiger charge is -2.27. The molecule has 2 heterocycles. The summed E-state index contributed by atoms with van der Waals surface area (Å²) in [6.07, 6.45) is -0.791. The molecule has 0 saturated heterocycles. The molecule has 0 unspecified atom stereocenters. The fourth-order valence-electron chi connectivity index (χ4n) is 7.32. The zero-order valence-corrected chi connectivity index (χ0v) is 34.5. The highest BCUT2D eigenvalue weighted by atomic mass is 16.3. The molecule has 8 rings (SSSR count). The van der Waals surface area contributed by atoms with Crippen molar-refractivity contribution in [3.05, 3.63) is 167 Å². The first-order valence-electron chi connectivity index (χ1n) is 34.1. The lowest BCUT2D eigenvalue weighted by Crippen LogP contribution is -2.17. The predicted molar refractivity (Wildman–Crippen MR) is 263 cm³/mol.